The summed E-state index contributed by atoms with van der Waals surface area (Å²) >= 11 is 1.30. The van der Waals surface area contributed by atoms with E-state index in [4.69, 9.17) is 5.73 Å². The third-order valence-electron chi connectivity index (χ3n) is 1.58. The van der Waals surface area contributed by atoms with Gasteiger partial charge in [-0.2, -0.15) is 0 Å². The van der Waals surface area contributed by atoms with Gasteiger partial charge in [-0.25, -0.2) is 0 Å². The van der Waals surface area contributed by atoms with Crippen LogP contribution in [0, 0.1) is 0 Å². The Morgan fingerprint density at radius 2 is 2.43 bits per heavy atom. The molecule has 78 valence electrons. The number of nitrogen functional groups attached to an aromatic ring is 1. The molecule has 0 aliphatic carbocycles. The van der Waals surface area contributed by atoms with Gasteiger partial charge in [-0.15, -0.1) is 11.3 Å². The van der Waals surface area contributed by atoms with E-state index in [0.29, 0.717) is 22.9 Å². The van der Waals surface area contributed by atoms with Gasteiger partial charge in [0.2, 0.25) is 0 Å². The number of rotatable bonds is 4. The van der Waals surface area contributed by atoms with Crippen LogP contribution in [-0.2, 0) is 10.8 Å². The minimum atomic E-state index is -0.877. The fourth-order valence-electron chi connectivity index (χ4n) is 0.892. The molecule has 1 amide bonds. The minimum Gasteiger partial charge on any atom is -0.397 e. The molecule has 0 saturated heterocycles. The third-order valence-corrected chi connectivity index (χ3v) is 3.28. The van der Waals surface area contributed by atoms with Gasteiger partial charge < -0.3 is 11.1 Å². The van der Waals surface area contributed by atoms with Gasteiger partial charge in [0.05, 0.1) is 5.69 Å². The lowest BCUT2D eigenvalue weighted by molar-refractivity contribution is 0.0961. The molecule has 0 aromatic carbocycles. The van der Waals surface area contributed by atoms with E-state index >= 15 is 0 Å². The number of hydrogen-bond acceptors (Lipinski definition) is 4. The van der Waals surface area contributed by atoms with Crippen LogP contribution in [0.25, 0.3) is 0 Å². The standard InChI is InChI=1S/C8H12N2O2S2/c1-14(12)5-3-10-8(11)7-6(9)2-4-13-7/h2,4H,3,5,9H2,1H3,(H,10,11). The second kappa shape index (κ2) is 5.11. The third kappa shape index (κ3) is 3.12. The van der Waals surface area contributed by atoms with Crippen molar-refractivity contribution in [3.63, 3.8) is 0 Å². The van der Waals surface area contributed by atoms with E-state index in [1.165, 1.54) is 11.3 Å². The number of anilines is 1. The summed E-state index contributed by atoms with van der Waals surface area (Å²) in [6, 6.07) is 1.69. The van der Waals surface area contributed by atoms with Gasteiger partial charge in [0.25, 0.3) is 5.91 Å². The molecule has 1 heterocycles. The molecule has 1 unspecified atom stereocenters. The average molecular weight is 232 g/mol. The highest BCUT2D eigenvalue weighted by molar-refractivity contribution is 7.84. The van der Waals surface area contributed by atoms with Crippen LogP contribution in [0.1, 0.15) is 9.67 Å². The van der Waals surface area contributed by atoms with E-state index in [1.807, 2.05) is 0 Å². The number of carbonyl (C=O) groups excluding carboxylic acids is 1. The Morgan fingerprint density at radius 3 is 2.93 bits per heavy atom. The Hall–Kier alpha value is -0.880. The molecule has 0 fully saturated rings. The first-order valence-corrected chi connectivity index (χ1v) is 6.63. The first kappa shape index (κ1) is 11.2. The Balaban J connectivity index is 2.44. The highest BCUT2D eigenvalue weighted by atomic mass is 32.2. The summed E-state index contributed by atoms with van der Waals surface area (Å²) in [5, 5.41) is 4.42. The summed E-state index contributed by atoms with van der Waals surface area (Å²) in [7, 11) is -0.877. The summed E-state index contributed by atoms with van der Waals surface area (Å²) in [6.45, 7) is 0.416. The van der Waals surface area contributed by atoms with Crippen LogP contribution in [0.4, 0.5) is 5.69 Å². The van der Waals surface area contributed by atoms with Gasteiger partial charge in [0, 0.05) is 29.4 Å². The molecule has 1 rings (SSSR count). The van der Waals surface area contributed by atoms with Gasteiger partial charge >= 0.3 is 0 Å². The lowest BCUT2D eigenvalue weighted by atomic mass is 10.4. The maximum atomic E-state index is 11.4. The van der Waals surface area contributed by atoms with Crippen molar-refractivity contribution < 1.29 is 9.00 Å². The lowest BCUT2D eigenvalue weighted by Crippen LogP contribution is -2.27. The zero-order valence-electron chi connectivity index (χ0n) is 7.78. The van der Waals surface area contributed by atoms with Gasteiger partial charge in [0.15, 0.2) is 0 Å². The number of thiophene rings is 1. The van der Waals surface area contributed by atoms with E-state index < -0.39 is 10.8 Å². The van der Waals surface area contributed by atoms with E-state index in [-0.39, 0.29) is 5.91 Å². The highest BCUT2D eigenvalue weighted by Crippen LogP contribution is 2.17. The van der Waals surface area contributed by atoms with Crippen molar-refractivity contribution in [1.82, 2.24) is 5.32 Å². The molecule has 1 aromatic rings. The minimum absolute atomic E-state index is 0.192. The second-order valence-electron chi connectivity index (χ2n) is 2.74. The maximum absolute atomic E-state index is 11.4. The smallest absolute Gasteiger partial charge is 0.263 e. The number of nitrogens with two attached hydrogens (primary N) is 1. The molecule has 1 aromatic heterocycles. The highest BCUT2D eigenvalue weighted by Gasteiger charge is 2.09. The molecule has 6 heteroatoms. The van der Waals surface area contributed by atoms with Gasteiger partial charge in [0.1, 0.15) is 4.88 Å². The monoisotopic (exact) mass is 232 g/mol. The fraction of sp³-hybridized carbons (Fsp3) is 0.375. The van der Waals surface area contributed by atoms with Crippen LogP contribution in [-0.4, -0.2) is 28.7 Å². The SMILES string of the molecule is CS(=O)CCNC(=O)c1sccc1N. The molecule has 0 saturated carbocycles. The zero-order valence-corrected chi connectivity index (χ0v) is 9.41. The van der Waals surface area contributed by atoms with Gasteiger partial charge in [-0.3, -0.25) is 9.00 Å². The van der Waals surface area contributed by atoms with E-state index in [1.54, 1.807) is 17.7 Å². The summed E-state index contributed by atoms with van der Waals surface area (Å²) in [4.78, 5) is 11.9. The molecule has 14 heavy (non-hydrogen) atoms. The average Bonchev–Trinajstić information content (AvgIpc) is 2.50. The maximum Gasteiger partial charge on any atom is 0.263 e. The van der Waals surface area contributed by atoms with Crippen LogP contribution in [0.5, 0.6) is 0 Å². The summed E-state index contributed by atoms with van der Waals surface area (Å²) < 4.78 is 10.7. The van der Waals surface area contributed by atoms with Gasteiger partial charge in [-0.05, 0) is 11.4 Å². The van der Waals surface area contributed by atoms with E-state index in [0.717, 1.165) is 0 Å². The quantitative estimate of drug-likeness (QED) is 0.791. The summed E-state index contributed by atoms with van der Waals surface area (Å²) in [5.74, 6) is 0.278. The van der Waals surface area contributed by atoms with Crippen molar-refractivity contribution in [2.75, 3.05) is 24.3 Å². The van der Waals surface area contributed by atoms with Crippen LogP contribution >= 0.6 is 11.3 Å². The second-order valence-corrected chi connectivity index (χ2v) is 5.21. The largest absolute Gasteiger partial charge is 0.397 e. The van der Waals surface area contributed by atoms with Crippen molar-refractivity contribution in [1.29, 1.82) is 0 Å². The molecule has 1 atom stereocenters. The normalized spacial score (nSPS) is 12.4. The topological polar surface area (TPSA) is 72.2 Å². The van der Waals surface area contributed by atoms with Crippen LogP contribution in [0.3, 0.4) is 0 Å². The van der Waals surface area contributed by atoms with Crippen molar-refractivity contribution in [3.05, 3.63) is 16.3 Å². The molecular weight excluding hydrogens is 220 g/mol. The van der Waals surface area contributed by atoms with Gasteiger partial charge in [-0.1, -0.05) is 0 Å². The molecule has 4 nitrogen and oxygen atoms in total. The molecule has 3 N–H and O–H groups in total. The first-order chi connectivity index (χ1) is 6.61. The number of nitrogens with one attached hydrogen (secondary N) is 1. The summed E-state index contributed by atoms with van der Waals surface area (Å²) in [5.41, 5.74) is 6.05. The number of amides is 1. The van der Waals surface area contributed by atoms with Crippen molar-refractivity contribution >= 4 is 33.7 Å². The van der Waals surface area contributed by atoms with Crippen LogP contribution < -0.4 is 11.1 Å². The fourth-order valence-corrected chi connectivity index (χ4v) is 2.02. The Bertz CT molecular complexity index is 349. The predicted molar refractivity (Wildman–Crippen MR) is 60.0 cm³/mol. The van der Waals surface area contributed by atoms with Crippen LogP contribution in [0.2, 0.25) is 0 Å². The van der Waals surface area contributed by atoms with Crippen molar-refractivity contribution in [2.45, 2.75) is 0 Å². The van der Waals surface area contributed by atoms with E-state index in [9.17, 15) is 9.00 Å². The lowest BCUT2D eigenvalue weighted by Gasteiger charge is -2.02. The Kier molecular flexibility index (Phi) is 4.09. The molecule has 0 aliphatic rings. The number of hydrogen-bond donors (Lipinski definition) is 2. The number of carbonyl (C=O) groups is 1. The Morgan fingerprint density at radius 1 is 1.71 bits per heavy atom. The molecule has 0 radical (unpaired) electrons. The first-order valence-electron chi connectivity index (χ1n) is 4.02. The molecular formula is C8H12N2O2S2. The predicted octanol–water partition coefficient (Wildman–Crippen LogP) is 0.439. The molecule has 0 aliphatic heterocycles. The molecule has 0 bridgehead atoms. The van der Waals surface area contributed by atoms with Crippen molar-refractivity contribution in [2.24, 2.45) is 0 Å². The Labute approximate surface area is 89.0 Å². The van der Waals surface area contributed by atoms with Crippen LogP contribution in [0.15, 0.2) is 11.4 Å². The molecule has 0 spiro atoms. The van der Waals surface area contributed by atoms with Crippen molar-refractivity contribution in [3.8, 4) is 0 Å². The van der Waals surface area contributed by atoms with E-state index in [2.05, 4.69) is 5.32 Å². The zero-order chi connectivity index (χ0) is 10.6. The summed E-state index contributed by atoms with van der Waals surface area (Å²) in [6.07, 6.45) is 1.60.